The SMILES string of the molecule is CN=C(NCCOc1ccccc1C(C)(C)C)NC1CCN(CC2CCOC2)CC1. The Morgan fingerprint density at radius 3 is 2.63 bits per heavy atom. The van der Waals surface area contributed by atoms with E-state index < -0.39 is 0 Å². The molecule has 2 N–H and O–H groups in total. The largest absolute Gasteiger partial charge is 0.491 e. The third kappa shape index (κ3) is 6.88. The van der Waals surface area contributed by atoms with Crippen molar-refractivity contribution >= 4 is 5.96 Å². The Morgan fingerprint density at radius 1 is 1.20 bits per heavy atom. The first-order valence-electron chi connectivity index (χ1n) is 11.5. The summed E-state index contributed by atoms with van der Waals surface area (Å²) < 4.78 is 11.6. The lowest BCUT2D eigenvalue weighted by Gasteiger charge is -2.34. The van der Waals surface area contributed by atoms with Crippen molar-refractivity contribution in [1.29, 1.82) is 0 Å². The number of benzene rings is 1. The van der Waals surface area contributed by atoms with Crippen molar-refractivity contribution in [3.05, 3.63) is 29.8 Å². The molecule has 0 aromatic heterocycles. The fourth-order valence-corrected chi connectivity index (χ4v) is 4.28. The standard InChI is InChI=1S/C24H40N4O2/c1-24(2,3)21-7-5-6-8-22(21)30-16-12-26-23(25-4)27-20-9-13-28(14-10-20)17-19-11-15-29-18-19/h5-8,19-20H,9-18H2,1-4H3,(H2,25,26,27). The highest BCUT2D eigenvalue weighted by Crippen LogP contribution is 2.30. The molecule has 1 unspecified atom stereocenters. The fraction of sp³-hybridized carbons (Fsp3) is 0.708. The van der Waals surface area contributed by atoms with Crippen LogP contribution in [0.15, 0.2) is 29.3 Å². The summed E-state index contributed by atoms with van der Waals surface area (Å²) in [5.41, 5.74) is 1.31. The molecule has 0 bridgehead atoms. The van der Waals surface area contributed by atoms with Crippen molar-refractivity contribution in [2.45, 2.75) is 51.5 Å². The molecule has 2 aliphatic rings. The number of nitrogens with zero attached hydrogens (tertiary/aromatic N) is 2. The lowest BCUT2D eigenvalue weighted by molar-refractivity contribution is 0.150. The minimum atomic E-state index is 0.0707. The molecule has 2 fully saturated rings. The zero-order valence-corrected chi connectivity index (χ0v) is 19.2. The molecule has 1 aromatic carbocycles. The maximum absolute atomic E-state index is 6.06. The van der Waals surface area contributed by atoms with Crippen LogP contribution in [-0.2, 0) is 10.2 Å². The van der Waals surface area contributed by atoms with Gasteiger partial charge in [0.1, 0.15) is 12.4 Å². The topological polar surface area (TPSA) is 58.1 Å². The van der Waals surface area contributed by atoms with E-state index in [2.05, 4.69) is 59.5 Å². The van der Waals surface area contributed by atoms with E-state index in [0.717, 1.165) is 63.3 Å². The van der Waals surface area contributed by atoms with Gasteiger partial charge in [-0.05, 0) is 42.2 Å². The van der Waals surface area contributed by atoms with E-state index in [4.69, 9.17) is 9.47 Å². The minimum absolute atomic E-state index is 0.0707. The highest BCUT2D eigenvalue weighted by atomic mass is 16.5. The molecule has 0 aliphatic carbocycles. The summed E-state index contributed by atoms with van der Waals surface area (Å²) in [6.07, 6.45) is 3.53. The number of guanidine groups is 1. The van der Waals surface area contributed by atoms with Crippen molar-refractivity contribution in [3.63, 3.8) is 0 Å². The third-order valence-electron chi connectivity index (χ3n) is 6.04. The summed E-state index contributed by atoms with van der Waals surface area (Å²) in [5.74, 6) is 2.56. The summed E-state index contributed by atoms with van der Waals surface area (Å²) in [4.78, 5) is 6.99. The van der Waals surface area contributed by atoms with Gasteiger partial charge < -0.3 is 25.0 Å². The average molecular weight is 417 g/mol. The van der Waals surface area contributed by atoms with Crippen LogP contribution in [0.4, 0.5) is 0 Å². The summed E-state index contributed by atoms with van der Waals surface area (Å²) >= 11 is 0. The molecule has 6 heteroatoms. The summed E-state index contributed by atoms with van der Waals surface area (Å²) in [7, 11) is 1.83. The van der Waals surface area contributed by atoms with E-state index in [0.29, 0.717) is 12.6 Å². The van der Waals surface area contributed by atoms with Crippen molar-refractivity contribution in [1.82, 2.24) is 15.5 Å². The van der Waals surface area contributed by atoms with Gasteiger partial charge in [0, 0.05) is 39.3 Å². The first kappa shape index (κ1) is 22.9. The summed E-state index contributed by atoms with van der Waals surface area (Å²) in [6.45, 7) is 13.3. The number of aliphatic imine (C=N–C) groups is 1. The molecule has 2 heterocycles. The van der Waals surface area contributed by atoms with Crippen molar-refractivity contribution in [2.24, 2.45) is 10.9 Å². The Hall–Kier alpha value is -1.79. The second kappa shape index (κ2) is 11.0. The van der Waals surface area contributed by atoms with Crippen LogP contribution in [-0.4, -0.2) is 69.9 Å². The molecule has 3 rings (SSSR count). The molecule has 2 saturated heterocycles. The van der Waals surface area contributed by atoms with E-state index in [-0.39, 0.29) is 5.41 Å². The minimum Gasteiger partial charge on any atom is -0.491 e. The van der Waals surface area contributed by atoms with Crippen LogP contribution in [0.25, 0.3) is 0 Å². The Morgan fingerprint density at radius 2 is 1.97 bits per heavy atom. The van der Waals surface area contributed by atoms with E-state index in [9.17, 15) is 0 Å². The smallest absolute Gasteiger partial charge is 0.191 e. The van der Waals surface area contributed by atoms with Crippen molar-refractivity contribution < 1.29 is 9.47 Å². The Labute approximate surface area is 182 Å². The van der Waals surface area contributed by atoms with Gasteiger partial charge in [0.2, 0.25) is 0 Å². The number of para-hydroxylation sites is 1. The van der Waals surface area contributed by atoms with Crippen molar-refractivity contribution in [2.75, 3.05) is 53.0 Å². The average Bonchev–Trinajstić information content (AvgIpc) is 3.24. The second-order valence-corrected chi connectivity index (χ2v) is 9.54. The zero-order valence-electron chi connectivity index (χ0n) is 19.2. The van der Waals surface area contributed by atoms with E-state index in [1.54, 1.807) is 0 Å². The summed E-state index contributed by atoms with van der Waals surface area (Å²) in [6, 6.07) is 8.79. The highest BCUT2D eigenvalue weighted by Gasteiger charge is 2.24. The van der Waals surface area contributed by atoms with Gasteiger partial charge in [-0.3, -0.25) is 4.99 Å². The fourth-order valence-electron chi connectivity index (χ4n) is 4.28. The number of piperidine rings is 1. The van der Waals surface area contributed by atoms with Crippen LogP contribution >= 0.6 is 0 Å². The number of ether oxygens (including phenoxy) is 2. The van der Waals surface area contributed by atoms with Gasteiger partial charge in [-0.1, -0.05) is 39.0 Å². The monoisotopic (exact) mass is 416 g/mol. The highest BCUT2D eigenvalue weighted by molar-refractivity contribution is 5.79. The predicted molar refractivity (Wildman–Crippen MR) is 124 cm³/mol. The van der Waals surface area contributed by atoms with Crippen LogP contribution in [0.3, 0.4) is 0 Å². The molecule has 0 spiro atoms. The van der Waals surface area contributed by atoms with Crippen LogP contribution in [0, 0.1) is 5.92 Å². The Balaban J connectivity index is 1.36. The molecule has 0 amide bonds. The van der Waals surface area contributed by atoms with Gasteiger partial charge in [0.15, 0.2) is 5.96 Å². The van der Waals surface area contributed by atoms with E-state index in [1.165, 1.54) is 18.5 Å². The number of hydrogen-bond acceptors (Lipinski definition) is 4. The molecule has 6 nitrogen and oxygen atoms in total. The van der Waals surface area contributed by atoms with Crippen LogP contribution in [0.2, 0.25) is 0 Å². The van der Waals surface area contributed by atoms with Crippen LogP contribution in [0.5, 0.6) is 5.75 Å². The lowest BCUT2D eigenvalue weighted by Crippen LogP contribution is -2.49. The predicted octanol–water partition coefficient (Wildman–Crippen LogP) is 3.03. The van der Waals surface area contributed by atoms with Gasteiger partial charge in [-0.15, -0.1) is 0 Å². The van der Waals surface area contributed by atoms with Crippen LogP contribution < -0.4 is 15.4 Å². The summed E-state index contributed by atoms with van der Waals surface area (Å²) in [5, 5.41) is 6.98. The first-order valence-corrected chi connectivity index (χ1v) is 11.5. The number of rotatable bonds is 7. The normalized spacial score (nSPS) is 21.6. The molecule has 1 atom stereocenters. The molecule has 1 aromatic rings. The first-order chi connectivity index (χ1) is 14.5. The van der Waals surface area contributed by atoms with Gasteiger partial charge in [0.05, 0.1) is 13.2 Å². The maximum Gasteiger partial charge on any atom is 0.191 e. The van der Waals surface area contributed by atoms with Gasteiger partial charge in [-0.2, -0.15) is 0 Å². The maximum atomic E-state index is 6.06. The molecule has 0 radical (unpaired) electrons. The number of likely N-dealkylation sites (tertiary alicyclic amines) is 1. The Bertz CT molecular complexity index is 672. The molecule has 168 valence electrons. The molecular weight excluding hydrogens is 376 g/mol. The Kier molecular flexibility index (Phi) is 8.40. The molecular formula is C24H40N4O2. The van der Waals surface area contributed by atoms with Crippen molar-refractivity contribution in [3.8, 4) is 5.75 Å². The molecule has 30 heavy (non-hydrogen) atoms. The van der Waals surface area contributed by atoms with Gasteiger partial charge in [0.25, 0.3) is 0 Å². The van der Waals surface area contributed by atoms with Gasteiger partial charge >= 0.3 is 0 Å². The molecule has 2 aliphatic heterocycles. The van der Waals surface area contributed by atoms with Crippen LogP contribution in [0.1, 0.15) is 45.6 Å². The second-order valence-electron chi connectivity index (χ2n) is 9.54. The lowest BCUT2D eigenvalue weighted by atomic mass is 9.86. The quantitative estimate of drug-likeness (QED) is 0.407. The molecule has 0 saturated carbocycles. The number of hydrogen-bond donors (Lipinski definition) is 2. The van der Waals surface area contributed by atoms with Gasteiger partial charge in [-0.25, -0.2) is 0 Å². The van der Waals surface area contributed by atoms with E-state index >= 15 is 0 Å². The number of nitrogens with one attached hydrogen (secondary N) is 2. The van der Waals surface area contributed by atoms with E-state index in [1.807, 2.05) is 13.1 Å². The zero-order chi connectivity index (χ0) is 21.4. The third-order valence-corrected chi connectivity index (χ3v) is 6.04.